The lowest BCUT2D eigenvalue weighted by atomic mass is 10.3. The maximum absolute atomic E-state index is 11.6. The highest BCUT2D eigenvalue weighted by Crippen LogP contribution is 2.04. The van der Waals surface area contributed by atoms with E-state index in [1.165, 1.54) is 0 Å². The van der Waals surface area contributed by atoms with Gasteiger partial charge in [0.2, 0.25) is 5.91 Å². The first-order valence-corrected chi connectivity index (χ1v) is 5.36. The number of nitrogens with zero attached hydrogens (tertiary/aromatic N) is 2. The van der Waals surface area contributed by atoms with E-state index in [0.717, 1.165) is 13.1 Å². The van der Waals surface area contributed by atoms with Crippen LogP contribution >= 0.6 is 0 Å². The lowest BCUT2D eigenvalue weighted by molar-refractivity contribution is -0.133. The molecular weight excluding hydrogens is 196 g/mol. The van der Waals surface area contributed by atoms with Crippen molar-refractivity contribution in [3.05, 3.63) is 0 Å². The average Bonchev–Trinajstić information content (AvgIpc) is 2.28. The van der Waals surface area contributed by atoms with Crippen molar-refractivity contribution in [2.24, 2.45) is 0 Å². The molecule has 0 bridgehead atoms. The Bertz CT molecular complexity index is 211. The molecule has 0 saturated carbocycles. The molecular formula is C10H20N2O3. The van der Waals surface area contributed by atoms with Crippen LogP contribution in [0, 0.1) is 0 Å². The quantitative estimate of drug-likeness (QED) is 0.665. The SMILES string of the molecule is CCN(C)C(=O)CN1CCOC(CO)C1. The fraction of sp³-hybridized carbons (Fsp3) is 0.900. The zero-order valence-electron chi connectivity index (χ0n) is 9.48. The van der Waals surface area contributed by atoms with E-state index in [1.807, 2.05) is 11.8 Å². The summed E-state index contributed by atoms with van der Waals surface area (Å²) in [6.45, 7) is 5.12. The number of rotatable bonds is 4. The minimum absolute atomic E-state index is 0.0221. The van der Waals surface area contributed by atoms with Gasteiger partial charge < -0.3 is 14.7 Å². The molecule has 0 aromatic heterocycles. The number of aliphatic hydroxyl groups excluding tert-OH is 1. The minimum Gasteiger partial charge on any atom is -0.394 e. The van der Waals surface area contributed by atoms with Gasteiger partial charge in [-0.15, -0.1) is 0 Å². The third-order valence-electron chi connectivity index (χ3n) is 2.69. The number of aliphatic hydroxyl groups is 1. The molecule has 0 spiro atoms. The molecule has 0 aromatic carbocycles. The van der Waals surface area contributed by atoms with Gasteiger partial charge in [-0.1, -0.05) is 0 Å². The van der Waals surface area contributed by atoms with E-state index in [2.05, 4.69) is 0 Å². The Balaban J connectivity index is 2.34. The Morgan fingerprint density at radius 2 is 2.40 bits per heavy atom. The molecule has 1 aliphatic rings. The standard InChI is InChI=1S/C10H20N2O3/c1-3-11(2)10(14)7-12-4-5-15-9(6-12)8-13/h9,13H,3-8H2,1-2H3. The second kappa shape index (κ2) is 6.05. The smallest absolute Gasteiger partial charge is 0.236 e. The van der Waals surface area contributed by atoms with E-state index in [-0.39, 0.29) is 18.6 Å². The highest BCUT2D eigenvalue weighted by Gasteiger charge is 2.22. The van der Waals surface area contributed by atoms with E-state index in [0.29, 0.717) is 19.7 Å². The number of carbonyl (C=O) groups excluding carboxylic acids is 1. The normalized spacial score (nSPS) is 22.7. The number of likely N-dealkylation sites (N-methyl/N-ethyl adjacent to an activating group) is 1. The molecule has 5 nitrogen and oxygen atoms in total. The number of hydrogen-bond acceptors (Lipinski definition) is 4. The number of hydrogen-bond donors (Lipinski definition) is 1. The van der Waals surface area contributed by atoms with Crippen molar-refractivity contribution in [2.45, 2.75) is 13.0 Å². The van der Waals surface area contributed by atoms with Gasteiger partial charge in [0.1, 0.15) is 0 Å². The van der Waals surface area contributed by atoms with Crippen molar-refractivity contribution < 1.29 is 14.6 Å². The van der Waals surface area contributed by atoms with Crippen LogP contribution in [0.5, 0.6) is 0 Å². The van der Waals surface area contributed by atoms with Crippen LogP contribution in [0.2, 0.25) is 0 Å². The molecule has 5 heteroatoms. The molecule has 1 heterocycles. The number of amides is 1. The average molecular weight is 216 g/mol. The maximum Gasteiger partial charge on any atom is 0.236 e. The third kappa shape index (κ3) is 3.77. The van der Waals surface area contributed by atoms with Gasteiger partial charge in [0.05, 0.1) is 25.9 Å². The van der Waals surface area contributed by atoms with Crippen LogP contribution < -0.4 is 0 Å². The Morgan fingerprint density at radius 3 is 3.00 bits per heavy atom. The third-order valence-corrected chi connectivity index (χ3v) is 2.69. The van der Waals surface area contributed by atoms with Gasteiger partial charge in [-0.05, 0) is 6.92 Å². The topological polar surface area (TPSA) is 53.0 Å². The van der Waals surface area contributed by atoms with Gasteiger partial charge in [-0.2, -0.15) is 0 Å². The number of morpholine rings is 1. The summed E-state index contributed by atoms with van der Waals surface area (Å²) in [7, 11) is 1.80. The molecule has 1 atom stereocenters. The van der Waals surface area contributed by atoms with Gasteiger partial charge in [0.15, 0.2) is 0 Å². The first-order valence-electron chi connectivity index (χ1n) is 5.36. The van der Waals surface area contributed by atoms with Crippen molar-refractivity contribution in [1.29, 1.82) is 0 Å². The van der Waals surface area contributed by atoms with E-state index < -0.39 is 0 Å². The molecule has 1 saturated heterocycles. The van der Waals surface area contributed by atoms with Crippen LogP contribution in [-0.4, -0.2) is 73.4 Å². The summed E-state index contributed by atoms with van der Waals surface area (Å²) < 4.78 is 5.31. The fourth-order valence-corrected chi connectivity index (χ4v) is 1.52. The Hall–Kier alpha value is -0.650. The van der Waals surface area contributed by atoms with Gasteiger partial charge in [-0.25, -0.2) is 0 Å². The summed E-state index contributed by atoms with van der Waals surface area (Å²) in [5.41, 5.74) is 0. The second-order valence-corrected chi connectivity index (χ2v) is 3.82. The Kier molecular flexibility index (Phi) is 5.01. The first-order chi connectivity index (χ1) is 7.17. The maximum atomic E-state index is 11.6. The van der Waals surface area contributed by atoms with Gasteiger partial charge in [0, 0.05) is 26.7 Å². The molecule has 0 aliphatic carbocycles. The highest BCUT2D eigenvalue weighted by atomic mass is 16.5. The van der Waals surface area contributed by atoms with Gasteiger partial charge in [0.25, 0.3) is 0 Å². The van der Waals surface area contributed by atoms with Crippen LogP contribution in [-0.2, 0) is 9.53 Å². The predicted molar refractivity (Wildman–Crippen MR) is 56.6 cm³/mol. The van der Waals surface area contributed by atoms with Crippen molar-refractivity contribution in [3.8, 4) is 0 Å². The molecule has 15 heavy (non-hydrogen) atoms. The Morgan fingerprint density at radius 1 is 1.67 bits per heavy atom. The van der Waals surface area contributed by atoms with E-state index in [4.69, 9.17) is 9.84 Å². The molecule has 88 valence electrons. The van der Waals surface area contributed by atoms with Crippen molar-refractivity contribution >= 4 is 5.91 Å². The molecule has 0 radical (unpaired) electrons. The van der Waals surface area contributed by atoms with Crippen LogP contribution in [0.4, 0.5) is 0 Å². The van der Waals surface area contributed by atoms with Crippen LogP contribution in [0.25, 0.3) is 0 Å². The van der Waals surface area contributed by atoms with Crippen LogP contribution in [0.1, 0.15) is 6.92 Å². The number of ether oxygens (including phenoxy) is 1. The number of carbonyl (C=O) groups is 1. The molecule has 1 amide bonds. The van der Waals surface area contributed by atoms with Gasteiger partial charge in [-0.3, -0.25) is 9.69 Å². The first kappa shape index (κ1) is 12.4. The molecule has 1 aliphatic heterocycles. The van der Waals surface area contributed by atoms with Crippen molar-refractivity contribution in [2.75, 3.05) is 46.4 Å². The largest absolute Gasteiger partial charge is 0.394 e. The van der Waals surface area contributed by atoms with Gasteiger partial charge >= 0.3 is 0 Å². The summed E-state index contributed by atoms with van der Waals surface area (Å²) in [5.74, 6) is 0.121. The zero-order chi connectivity index (χ0) is 11.3. The van der Waals surface area contributed by atoms with E-state index in [1.54, 1.807) is 11.9 Å². The fourth-order valence-electron chi connectivity index (χ4n) is 1.52. The Labute approximate surface area is 90.6 Å². The lowest BCUT2D eigenvalue weighted by Gasteiger charge is -2.32. The minimum atomic E-state index is -0.140. The summed E-state index contributed by atoms with van der Waals surface area (Å²) in [6.07, 6.45) is -0.140. The highest BCUT2D eigenvalue weighted by molar-refractivity contribution is 5.77. The molecule has 0 aromatic rings. The van der Waals surface area contributed by atoms with Crippen molar-refractivity contribution in [3.63, 3.8) is 0 Å². The summed E-state index contributed by atoms with van der Waals surface area (Å²) >= 11 is 0. The molecule has 1 rings (SSSR count). The summed E-state index contributed by atoms with van der Waals surface area (Å²) in [5, 5.41) is 8.95. The van der Waals surface area contributed by atoms with Crippen LogP contribution in [0.15, 0.2) is 0 Å². The second-order valence-electron chi connectivity index (χ2n) is 3.82. The van der Waals surface area contributed by atoms with E-state index in [9.17, 15) is 4.79 Å². The summed E-state index contributed by atoms with van der Waals surface area (Å²) in [4.78, 5) is 15.3. The summed E-state index contributed by atoms with van der Waals surface area (Å²) in [6, 6.07) is 0. The molecule has 1 unspecified atom stereocenters. The molecule has 1 fully saturated rings. The monoisotopic (exact) mass is 216 g/mol. The molecule has 1 N–H and O–H groups in total. The van der Waals surface area contributed by atoms with Crippen LogP contribution in [0.3, 0.4) is 0 Å². The zero-order valence-corrected chi connectivity index (χ0v) is 9.48. The lowest BCUT2D eigenvalue weighted by Crippen LogP contribution is -2.48. The van der Waals surface area contributed by atoms with Crippen molar-refractivity contribution in [1.82, 2.24) is 9.80 Å². The van der Waals surface area contributed by atoms with E-state index >= 15 is 0 Å². The predicted octanol–water partition coefficient (Wildman–Crippen LogP) is -0.842.